The molecule has 248 valence electrons. The van der Waals surface area contributed by atoms with Crippen LogP contribution in [0.25, 0.3) is 5.57 Å². The van der Waals surface area contributed by atoms with Gasteiger partial charge in [-0.2, -0.15) is 0 Å². The average Bonchev–Trinajstić information content (AvgIpc) is 3.82. The first-order chi connectivity index (χ1) is 22.8. The highest BCUT2D eigenvalue weighted by Gasteiger charge is 2.41. The van der Waals surface area contributed by atoms with Crippen molar-refractivity contribution in [3.05, 3.63) is 93.3 Å². The third-order valence-corrected chi connectivity index (χ3v) is 10.8. The number of halogens is 2. The Morgan fingerprint density at radius 1 is 1.06 bits per heavy atom. The number of rotatable bonds is 10. The fourth-order valence-corrected chi connectivity index (χ4v) is 7.63. The van der Waals surface area contributed by atoms with Gasteiger partial charge in [0, 0.05) is 62.0 Å². The Labute approximate surface area is 282 Å². The van der Waals surface area contributed by atoms with Gasteiger partial charge in [-0.1, -0.05) is 41.9 Å². The van der Waals surface area contributed by atoms with Gasteiger partial charge in [0.15, 0.2) is 11.6 Å². The van der Waals surface area contributed by atoms with Gasteiger partial charge in [0.2, 0.25) is 0 Å². The first-order valence-electron chi connectivity index (χ1n) is 16.9. The van der Waals surface area contributed by atoms with Crippen molar-refractivity contribution in [3.8, 4) is 11.5 Å². The average molecular weight is 659 g/mol. The number of nitrogens with zero attached hydrogens (tertiary/aromatic N) is 2. The zero-order valence-electron chi connectivity index (χ0n) is 27.5. The number of piperazine rings is 1. The summed E-state index contributed by atoms with van der Waals surface area (Å²) < 4.78 is 25.8. The Balaban J connectivity index is 1.10. The molecule has 2 N–H and O–H groups in total. The van der Waals surface area contributed by atoms with Gasteiger partial charge in [-0.05, 0) is 91.6 Å². The van der Waals surface area contributed by atoms with Gasteiger partial charge in [0.25, 0.3) is 5.91 Å². The van der Waals surface area contributed by atoms with E-state index < -0.39 is 5.82 Å². The molecule has 47 heavy (non-hydrogen) atoms. The number of hydrogen-bond acceptors (Lipinski definition) is 6. The molecule has 3 aromatic rings. The molecule has 3 heterocycles. The van der Waals surface area contributed by atoms with Gasteiger partial charge < -0.3 is 29.9 Å². The van der Waals surface area contributed by atoms with Gasteiger partial charge >= 0.3 is 0 Å². The minimum atomic E-state index is -0.424. The van der Waals surface area contributed by atoms with E-state index in [0.717, 1.165) is 96.7 Å². The van der Waals surface area contributed by atoms with Crippen molar-refractivity contribution < 1.29 is 18.7 Å². The zero-order valence-corrected chi connectivity index (χ0v) is 28.2. The smallest absolute Gasteiger partial charge is 0.252 e. The number of methoxy groups -OCH3 is 1. The van der Waals surface area contributed by atoms with Gasteiger partial charge in [-0.15, -0.1) is 0 Å². The maximum atomic E-state index is 14.6. The van der Waals surface area contributed by atoms with Crippen molar-refractivity contribution in [2.24, 2.45) is 5.92 Å². The lowest BCUT2D eigenvalue weighted by molar-refractivity contribution is -0.128. The van der Waals surface area contributed by atoms with Crippen molar-refractivity contribution >= 4 is 28.8 Å². The highest BCUT2D eigenvalue weighted by Crippen LogP contribution is 2.38. The third-order valence-electron chi connectivity index (χ3n) is 10.3. The molecule has 7 rings (SSSR count). The molecule has 3 aliphatic heterocycles. The van der Waals surface area contributed by atoms with Crippen molar-refractivity contribution in [2.75, 3.05) is 44.8 Å². The fourth-order valence-electron chi connectivity index (χ4n) is 7.42. The zero-order chi connectivity index (χ0) is 32.7. The van der Waals surface area contributed by atoms with E-state index in [2.05, 4.69) is 57.7 Å². The van der Waals surface area contributed by atoms with Crippen molar-refractivity contribution in [3.63, 3.8) is 0 Å². The van der Waals surface area contributed by atoms with Crippen LogP contribution in [0.1, 0.15) is 47.9 Å². The molecule has 3 aromatic carbocycles. The minimum absolute atomic E-state index is 0.0246. The molecule has 3 fully saturated rings. The summed E-state index contributed by atoms with van der Waals surface area (Å²) in [7, 11) is 1.69. The van der Waals surface area contributed by atoms with E-state index in [1.807, 2.05) is 19.1 Å². The molecule has 7 nitrogen and oxygen atoms in total. The van der Waals surface area contributed by atoms with E-state index in [4.69, 9.17) is 21.1 Å². The molecule has 2 saturated heterocycles. The Bertz CT molecular complexity index is 1670. The summed E-state index contributed by atoms with van der Waals surface area (Å²) in [5, 5.41) is 7.64. The normalized spacial score (nSPS) is 22.4. The Morgan fingerprint density at radius 3 is 2.64 bits per heavy atom. The predicted octanol–water partition coefficient (Wildman–Crippen LogP) is 6.29. The highest BCUT2D eigenvalue weighted by atomic mass is 35.5. The van der Waals surface area contributed by atoms with E-state index in [9.17, 15) is 9.18 Å². The maximum Gasteiger partial charge on any atom is 0.252 e. The molecule has 2 bridgehead atoms. The summed E-state index contributed by atoms with van der Waals surface area (Å²) in [5.41, 5.74) is 7.34. The van der Waals surface area contributed by atoms with Crippen LogP contribution in [0, 0.1) is 25.6 Å². The molecule has 1 aliphatic carbocycles. The molecule has 0 radical (unpaired) electrons. The van der Waals surface area contributed by atoms with Crippen LogP contribution in [0.5, 0.6) is 11.5 Å². The quantitative estimate of drug-likeness (QED) is 0.267. The van der Waals surface area contributed by atoms with E-state index >= 15 is 0 Å². The minimum Gasteiger partial charge on any atom is -0.496 e. The number of anilines is 1. The third kappa shape index (κ3) is 6.60. The molecular weight excluding hydrogens is 615 g/mol. The van der Waals surface area contributed by atoms with Crippen molar-refractivity contribution in [1.29, 1.82) is 0 Å². The molecule has 1 amide bonds. The Hall–Kier alpha value is -3.59. The number of benzene rings is 3. The number of carbonyl (C=O) groups excluding carboxylic acids is 1. The summed E-state index contributed by atoms with van der Waals surface area (Å²) in [6, 6.07) is 18.4. The van der Waals surface area contributed by atoms with Crippen LogP contribution in [0.4, 0.5) is 10.1 Å². The van der Waals surface area contributed by atoms with Crippen LogP contribution >= 0.6 is 11.6 Å². The van der Waals surface area contributed by atoms with E-state index in [1.54, 1.807) is 13.2 Å². The number of nitrogens with one attached hydrogen (secondary N) is 2. The summed E-state index contributed by atoms with van der Waals surface area (Å²) in [6.45, 7) is 8.29. The maximum absolute atomic E-state index is 14.6. The number of amides is 1. The number of aryl methyl sites for hydroxylation is 1. The molecule has 9 heteroatoms. The Kier molecular flexibility index (Phi) is 9.18. The molecule has 0 aromatic heterocycles. The predicted molar refractivity (Wildman–Crippen MR) is 185 cm³/mol. The molecule has 4 aliphatic rings. The molecule has 0 unspecified atom stereocenters. The van der Waals surface area contributed by atoms with E-state index in [1.165, 1.54) is 6.07 Å². The lowest BCUT2D eigenvalue weighted by Gasteiger charge is -2.41. The van der Waals surface area contributed by atoms with E-state index in [-0.39, 0.29) is 29.7 Å². The number of hydrogen-bond donors (Lipinski definition) is 2. The first-order valence-corrected chi connectivity index (χ1v) is 17.2. The number of carbonyl (C=O) groups is 1. The van der Waals surface area contributed by atoms with Gasteiger partial charge in [0.1, 0.15) is 5.75 Å². The topological polar surface area (TPSA) is 66.1 Å². The van der Waals surface area contributed by atoms with Crippen LogP contribution in [-0.4, -0.2) is 68.8 Å². The monoisotopic (exact) mass is 658 g/mol. The van der Waals surface area contributed by atoms with Crippen molar-refractivity contribution in [1.82, 2.24) is 15.5 Å². The van der Waals surface area contributed by atoms with E-state index in [0.29, 0.717) is 24.2 Å². The van der Waals surface area contributed by atoms with Gasteiger partial charge in [-0.3, -0.25) is 4.79 Å². The second-order valence-corrected chi connectivity index (χ2v) is 13.9. The molecule has 1 saturated carbocycles. The van der Waals surface area contributed by atoms with Gasteiger partial charge in [-0.25, -0.2) is 4.39 Å². The number of fused-ring (bicyclic) bond motifs is 2. The lowest BCUT2D eigenvalue weighted by Crippen LogP contribution is -2.60. The second kappa shape index (κ2) is 13.5. The summed E-state index contributed by atoms with van der Waals surface area (Å²) in [4.78, 5) is 19.0. The SMILES string of the molecule is COc1cccc(CN(C(=O)C2=C(c3ccc(N4CC[C@@H](COc5c(F)ccc(C)c5Cl)C4)cc3)C[C@H]3CNC[C@@H]2N3)C2CC2)c1C. The summed E-state index contributed by atoms with van der Waals surface area (Å²) >= 11 is 6.32. The molecule has 3 atom stereocenters. The van der Waals surface area contributed by atoms with Crippen LogP contribution in [0.2, 0.25) is 5.02 Å². The van der Waals surface area contributed by atoms with Crippen LogP contribution < -0.4 is 25.0 Å². The number of ether oxygens (including phenoxy) is 2. The molecular formula is C38H44ClFN4O3. The van der Waals surface area contributed by atoms with Gasteiger partial charge in [0.05, 0.1) is 24.8 Å². The summed E-state index contributed by atoms with van der Waals surface area (Å²) in [5.74, 6) is 0.989. The largest absolute Gasteiger partial charge is 0.496 e. The van der Waals surface area contributed by atoms with Crippen LogP contribution in [0.3, 0.4) is 0 Å². The standard InChI is InChI=1S/C38H44ClFN4O3/c1-23-7-14-32(40)37(36(23)39)47-22-25-15-16-43(20-25)29-10-8-26(9-11-29)31-17-28-18-41-19-33(42-28)35(31)38(45)44(30-12-13-30)21-27-5-4-6-34(46-3)24(27)2/h4-11,14,25,28,30,33,41-42H,12-13,15-22H2,1-3H3/t25-,28+,33+/m1/s1. The lowest BCUT2D eigenvalue weighted by atomic mass is 9.83. The summed E-state index contributed by atoms with van der Waals surface area (Å²) in [6.07, 6.45) is 3.85. The Morgan fingerprint density at radius 2 is 1.87 bits per heavy atom. The van der Waals surface area contributed by atoms with Crippen molar-refractivity contribution in [2.45, 2.75) is 64.2 Å². The highest BCUT2D eigenvalue weighted by molar-refractivity contribution is 6.32. The fraction of sp³-hybridized carbons (Fsp3) is 0.447. The van der Waals surface area contributed by atoms with Crippen LogP contribution in [0.15, 0.2) is 60.2 Å². The van der Waals surface area contributed by atoms with Crippen LogP contribution in [-0.2, 0) is 11.3 Å². The second-order valence-electron chi connectivity index (χ2n) is 13.5. The first kappa shape index (κ1) is 32.0. The molecule has 0 spiro atoms.